The van der Waals surface area contributed by atoms with Gasteiger partial charge in [0.15, 0.2) is 0 Å². The van der Waals surface area contributed by atoms with Gasteiger partial charge in [0.2, 0.25) is 0 Å². The monoisotopic (exact) mass is 410 g/mol. The molecule has 4 rings (SSSR count). The van der Waals surface area contributed by atoms with E-state index in [9.17, 15) is 9.18 Å². The number of hydrogen-bond acceptors (Lipinski definition) is 4. The van der Waals surface area contributed by atoms with E-state index >= 15 is 0 Å². The highest BCUT2D eigenvalue weighted by molar-refractivity contribution is 5.99. The lowest BCUT2D eigenvalue weighted by Gasteiger charge is -2.38. The van der Waals surface area contributed by atoms with E-state index in [1.54, 1.807) is 30.5 Å². The van der Waals surface area contributed by atoms with Gasteiger partial charge in [-0.15, -0.1) is 0 Å². The summed E-state index contributed by atoms with van der Waals surface area (Å²) in [5, 5.41) is 3.11. The number of halogens is 1. The van der Waals surface area contributed by atoms with Crippen molar-refractivity contribution in [3.63, 3.8) is 0 Å². The first-order valence-electron chi connectivity index (χ1n) is 11.1. The normalized spacial score (nSPS) is 20.9. The maximum atomic E-state index is 13.5. The molecule has 2 fully saturated rings. The van der Waals surface area contributed by atoms with Gasteiger partial charge in [0.25, 0.3) is 5.91 Å². The Labute approximate surface area is 178 Å². The van der Waals surface area contributed by atoms with Crippen LogP contribution in [-0.2, 0) is 0 Å². The lowest BCUT2D eigenvalue weighted by molar-refractivity contribution is 0.0623. The number of nitrogens with one attached hydrogen (secondary N) is 1. The highest BCUT2D eigenvalue weighted by atomic mass is 19.1. The van der Waals surface area contributed by atoms with Gasteiger partial charge < -0.3 is 15.1 Å². The third kappa shape index (κ3) is 5.17. The quantitative estimate of drug-likeness (QED) is 0.786. The standard InChI is InChI=1S/C24H31FN4O/c1-18-9-13-28(14-10-18)16-19-5-4-12-29(17-19)24(30)22-8-3-11-26-23(22)27-21-7-2-6-20(25)15-21/h2-3,6-8,11,15,18-19H,4-5,9-10,12-14,16-17H2,1H3,(H,26,27). The maximum Gasteiger partial charge on any atom is 0.257 e. The fraction of sp³-hybridized carbons (Fsp3) is 0.500. The molecule has 0 radical (unpaired) electrons. The van der Waals surface area contributed by atoms with Crippen LogP contribution in [-0.4, -0.2) is 53.4 Å². The zero-order chi connectivity index (χ0) is 20.9. The molecular weight excluding hydrogens is 379 g/mol. The van der Waals surface area contributed by atoms with Crippen molar-refractivity contribution < 1.29 is 9.18 Å². The van der Waals surface area contributed by atoms with Gasteiger partial charge in [-0.3, -0.25) is 4.79 Å². The number of amides is 1. The summed E-state index contributed by atoms with van der Waals surface area (Å²) in [5.74, 6) is 1.50. The van der Waals surface area contributed by atoms with Crippen LogP contribution in [0.1, 0.15) is 43.0 Å². The number of hydrogen-bond donors (Lipinski definition) is 1. The molecule has 2 aliphatic heterocycles. The number of aromatic nitrogens is 1. The van der Waals surface area contributed by atoms with E-state index in [1.807, 2.05) is 4.90 Å². The Morgan fingerprint density at radius 3 is 2.80 bits per heavy atom. The maximum absolute atomic E-state index is 13.5. The molecule has 1 aromatic carbocycles. The van der Waals surface area contributed by atoms with Crippen LogP contribution in [0.25, 0.3) is 0 Å². The number of benzene rings is 1. The lowest BCUT2D eigenvalue weighted by atomic mass is 9.94. The molecule has 1 unspecified atom stereocenters. The molecule has 3 heterocycles. The van der Waals surface area contributed by atoms with Crippen molar-refractivity contribution in [2.45, 2.75) is 32.6 Å². The van der Waals surface area contributed by atoms with Gasteiger partial charge in [0.05, 0.1) is 5.56 Å². The van der Waals surface area contributed by atoms with E-state index in [4.69, 9.17) is 0 Å². The van der Waals surface area contributed by atoms with Gasteiger partial charge in [-0.25, -0.2) is 9.37 Å². The minimum Gasteiger partial charge on any atom is -0.339 e. The van der Waals surface area contributed by atoms with Crippen LogP contribution < -0.4 is 5.32 Å². The molecule has 5 nitrogen and oxygen atoms in total. The lowest BCUT2D eigenvalue weighted by Crippen LogP contribution is -2.45. The van der Waals surface area contributed by atoms with Crippen LogP contribution in [0, 0.1) is 17.7 Å². The molecule has 2 aromatic rings. The number of anilines is 2. The summed E-state index contributed by atoms with van der Waals surface area (Å²) in [6, 6.07) is 9.78. The largest absolute Gasteiger partial charge is 0.339 e. The van der Waals surface area contributed by atoms with E-state index < -0.39 is 0 Å². The van der Waals surface area contributed by atoms with Gasteiger partial charge >= 0.3 is 0 Å². The number of carbonyl (C=O) groups excluding carboxylic acids is 1. The fourth-order valence-electron chi connectivity index (χ4n) is 4.56. The first-order valence-corrected chi connectivity index (χ1v) is 11.1. The molecule has 0 bridgehead atoms. The Hall–Kier alpha value is -2.47. The van der Waals surface area contributed by atoms with Gasteiger partial charge in [-0.1, -0.05) is 13.0 Å². The second-order valence-corrected chi connectivity index (χ2v) is 8.78. The molecule has 1 N–H and O–H groups in total. The van der Waals surface area contributed by atoms with E-state index in [2.05, 4.69) is 22.1 Å². The summed E-state index contributed by atoms with van der Waals surface area (Å²) in [5.41, 5.74) is 1.12. The zero-order valence-electron chi connectivity index (χ0n) is 17.7. The molecule has 6 heteroatoms. The molecule has 1 amide bonds. The summed E-state index contributed by atoms with van der Waals surface area (Å²) in [7, 11) is 0. The average molecular weight is 411 g/mol. The molecule has 1 aromatic heterocycles. The molecule has 30 heavy (non-hydrogen) atoms. The summed E-state index contributed by atoms with van der Waals surface area (Å²) in [4.78, 5) is 22.2. The van der Waals surface area contributed by atoms with Gasteiger partial charge in [-0.2, -0.15) is 0 Å². The topological polar surface area (TPSA) is 48.5 Å². The predicted octanol–water partition coefficient (Wildman–Crippen LogP) is 4.55. The number of carbonyl (C=O) groups is 1. The van der Waals surface area contributed by atoms with Gasteiger partial charge in [0.1, 0.15) is 11.6 Å². The number of nitrogens with zero attached hydrogens (tertiary/aromatic N) is 3. The highest BCUT2D eigenvalue weighted by Crippen LogP contribution is 2.25. The van der Waals surface area contributed by atoms with Crippen LogP contribution in [0.5, 0.6) is 0 Å². The first kappa shape index (κ1) is 20.8. The second-order valence-electron chi connectivity index (χ2n) is 8.78. The summed E-state index contributed by atoms with van der Waals surface area (Å²) in [6.45, 7) is 7.34. The smallest absolute Gasteiger partial charge is 0.257 e. The second kappa shape index (κ2) is 9.56. The van der Waals surface area contributed by atoms with Crippen molar-refractivity contribution in [1.29, 1.82) is 0 Å². The SMILES string of the molecule is CC1CCN(CC2CCCN(C(=O)c3cccnc3Nc3cccc(F)c3)C2)CC1. The number of likely N-dealkylation sites (tertiary alicyclic amines) is 2. The minimum atomic E-state index is -0.324. The molecule has 160 valence electrons. The van der Waals surface area contributed by atoms with E-state index in [0.29, 0.717) is 23.0 Å². The van der Waals surface area contributed by atoms with E-state index in [0.717, 1.165) is 32.0 Å². The van der Waals surface area contributed by atoms with Crippen LogP contribution in [0.3, 0.4) is 0 Å². The Kier molecular flexibility index (Phi) is 6.62. The van der Waals surface area contributed by atoms with Crippen molar-refractivity contribution in [1.82, 2.24) is 14.8 Å². The third-order valence-electron chi connectivity index (χ3n) is 6.32. The Morgan fingerprint density at radius 2 is 2.00 bits per heavy atom. The average Bonchev–Trinajstić information content (AvgIpc) is 2.76. The van der Waals surface area contributed by atoms with Crippen molar-refractivity contribution in [2.24, 2.45) is 11.8 Å². The predicted molar refractivity (Wildman–Crippen MR) is 117 cm³/mol. The van der Waals surface area contributed by atoms with Crippen molar-refractivity contribution in [2.75, 3.05) is 38.0 Å². The van der Waals surface area contributed by atoms with Gasteiger partial charge in [-0.05, 0) is 80.9 Å². The summed E-state index contributed by atoms with van der Waals surface area (Å²) < 4.78 is 13.5. The van der Waals surface area contributed by atoms with Crippen LogP contribution >= 0.6 is 0 Å². The Balaban J connectivity index is 1.42. The van der Waals surface area contributed by atoms with Crippen molar-refractivity contribution in [3.05, 3.63) is 54.0 Å². The number of piperidine rings is 2. The molecule has 0 spiro atoms. The van der Waals surface area contributed by atoms with Crippen LogP contribution in [0.15, 0.2) is 42.6 Å². The molecule has 1 atom stereocenters. The molecule has 2 aliphatic rings. The first-order chi connectivity index (χ1) is 14.6. The zero-order valence-corrected chi connectivity index (χ0v) is 17.7. The Bertz CT molecular complexity index is 866. The Morgan fingerprint density at radius 1 is 1.17 bits per heavy atom. The van der Waals surface area contributed by atoms with E-state index in [-0.39, 0.29) is 11.7 Å². The minimum absolute atomic E-state index is 0.000954. The summed E-state index contributed by atoms with van der Waals surface area (Å²) in [6.07, 6.45) is 6.42. The van der Waals surface area contributed by atoms with Crippen molar-refractivity contribution in [3.8, 4) is 0 Å². The summed E-state index contributed by atoms with van der Waals surface area (Å²) >= 11 is 0. The van der Waals surface area contributed by atoms with Crippen molar-refractivity contribution >= 4 is 17.4 Å². The van der Waals surface area contributed by atoms with Crippen LogP contribution in [0.4, 0.5) is 15.9 Å². The molecule has 0 saturated carbocycles. The van der Waals surface area contributed by atoms with Crippen LogP contribution in [0.2, 0.25) is 0 Å². The highest BCUT2D eigenvalue weighted by Gasteiger charge is 2.28. The fourth-order valence-corrected chi connectivity index (χ4v) is 4.56. The van der Waals surface area contributed by atoms with E-state index in [1.165, 1.54) is 44.5 Å². The van der Waals surface area contributed by atoms with Gasteiger partial charge in [0, 0.05) is 31.5 Å². The third-order valence-corrected chi connectivity index (χ3v) is 6.32. The molecular formula is C24H31FN4O. The number of pyridine rings is 1. The molecule has 2 saturated heterocycles. The molecule has 0 aliphatic carbocycles. The number of rotatable bonds is 5.